The van der Waals surface area contributed by atoms with Gasteiger partial charge in [0.05, 0.1) is 22.1 Å². The van der Waals surface area contributed by atoms with Crippen LogP contribution in [0.4, 0.5) is 4.79 Å². The van der Waals surface area contributed by atoms with E-state index in [1.165, 1.54) is 8.87 Å². The predicted molar refractivity (Wildman–Crippen MR) is 136 cm³/mol. The maximum absolute atomic E-state index is 14.0. The van der Waals surface area contributed by atoms with E-state index in [4.69, 9.17) is 4.74 Å². The number of benzene rings is 3. The van der Waals surface area contributed by atoms with Crippen molar-refractivity contribution < 1.29 is 22.7 Å². The molecule has 1 amide bonds. The van der Waals surface area contributed by atoms with Crippen LogP contribution in [0.3, 0.4) is 0 Å². The summed E-state index contributed by atoms with van der Waals surface area (Å²) in [7, 11) is -4.01. The van der Waals surface area contributed by atoms with Crippen LogP contribution in [0.15, 0.2) is 83.8 Å². The molecule has 0 aliphatic carbocycles. The minimum atomic E-state index is -4.01. The second-order valence-corrected chi connectivity index (χ2v) is 10.7. The second kappa shape index (κ2) is 9.62. The summed E-state index contributed by atoms with van der Waals surface area (Å²) >= 11 is 0. The molecule has 184 valence electrons. The third-order valence-corrected chi connectivity index (χ3v) is 8.33. The SMILES string of the molecule is Cc1ccc(S(=O)(=O)n2c3c(c4ccccc42)CCN(C(=O)OCc2ccccc2)C3CC=O)cc1. The molecule has 0 fully saturated rings. The molecule has 0 spiro atoms. The Bertz CT molecular complexity index is 1530. The quantitative estimate of drug-likeness (QED) is 0.346. The molecule has 0 bridgehead atoms. The van der Waals surface area contributed by atoms with E-state index in [1.807, 2.05) is 49.4 Å². The van der Waals surface area contributed by atoms with Crippen molar-refractivity contribution in [3.63, 3.8) is 0 Å². The highest BCUT2D eigenvalue weighted by atomic mass is 32.2. The molecular formula is C28H26N2O5S. The minimum absolute atomic E-state index is 0.0484. The highest BCUT2D eigenvalue weighted by Gasteiger charge is 2.39. The third-order valence-electron chi connectivity index (χ3n) is 6.59. The van der Waals surface area contributed by atoms with Crippen molar-refractivity contribution in [3.05, 3.63) is 101 Å². The number of fused-ring (bicyclic) bond motifs is 3. The Balaban J connectivity index is 1.61. The van der Waals surface area contributed by atoms with E-state index in [9.17, 15) is 18.0 Å². The number of rotatable bonds is 6. The summed E-state index contributed by atoms with van der Waals surface area (Å²) < 4.78 is 34.8. The van der Waals surface area contributed by atoms with Crippen LogP contribution >= 0.6 is 0 Å². The molecule has 1 unspecified atom stereocenters. The Labute approximate surface area is 210 Å². The fourth-order valence-electron chi connectivity index (χ4n) is 4.86. The first kappa shape index (κ1) is 23.8. The molecule has 2 heterocycles. The minimum Gasteiger partial charge on any atom is -0.445 e. The lowest BCUT2D eigenvalue weighted by atomic mass is 9.96. The number of carbonyl (C=O) groups is 2. The lowest BCUT2D eigenvalue weighted by Gasteiger charge is -2.35. The molecule has 1 aromatic heterocycles. The maximum atomic E-state index is 14.0. The van der Waals surface area contributed by atoms with Gasteiger partial charge in [0.2, 0.25) is 0 Å². The summed E-state index contributed by atoms with van der Waals surface area (Å²) in [4.78, 5) is 26.6. The van der Waals surface area contributed by atoms with E-state index < -0.39 is 22.2 Å². The van der Waals surface area contributed by atoms with Gasteiger partial charge in [0.15, 0.2) is 0 Å². The van der Waals surface area contributed by atoms with Crippen molar-refractivity contribution in [3.8, 4) is 0 Å². The van der Waals surface area contributed by atoms with Crippen LogP contribution in [0.5, 0.6) is 0 Å². The first-order valence-corrected chi connectivity index (χ1v) is 13.2. The van der Waals surface area contributed by atoms with Crippen molar-refractivity contribution >= 4 is 33.3 Å². The van der Waals surface area contributed by atoms with Gasteiger partial charge in [-0.1, -0.05) is 66.2 Å². The molecule has 1 aliphatic heterocycles. The van der Waals surface area contributed by atoms with Crippen LogP contribution in [0.1, 0.15) is 34.8 Å². The van der Waals surface area contributed by atoms with Crippen LogP contribution in [-0.4, -0.2) is 36.2 Å². The monoisotopic (exact) mass is 502 g/mol. The molecule has 0 saturated heterocycles. The molecule has 5 rings (SSSR count). The average molecular weight is 503 g/mol. The van der Waals surface area contributed by atoms with Crippen molar-refractivity contribution in [1.29, 1.82) is 0 Å². The van der Waals surface area contributed by atoms with Crippen molar-refractivity contribution in [1.82, 2.24) is 8.87 Å². The number of hydrogen-bond donors (Lipinski definition) is 0. The molecule has 1 atom stereocenters. The Morgan fingerprint density at radius 2 is 1.69 bits per heavy atom. The van der Waals surface area contributed by atoms with Crippen molar-refractivity contribution in [2.45, 2.75) is 37.3 Å². The number of ether oxygens (including phenoxy) is 1. The summed E-state index contributed by atoms with van der Waals surface area (Å²) in [6, 6.07) is 22.5. The van der Waals surface area contributed by atoms with Gasteiger partial charge in [-0.25, -0.2) is 17.2 Å². The van der Waals surface area contributed by atoms with Gasteiger partial charge >= 0.3 is 6.09 Å². The smallest absolute Gasteiger partial charge is 0.410 e. The summed E-state index contributed by atoms with van der Waals surface area (Å²) in [5, 5.41) is 0.802. The molecule has 3 aromatic carbocycles. The number of aromatic nitrogens is 1. The third kappa shape index (κ3) is 4.18. The summed E-state index contributed by atoms with van der Waals surface area (Å²) in [5.74, 6) is 0. The average Bonchev–Trinajstić information content (AvgIpc) is 3.24. The molecule has 0 N–H and O–H groups in total. The van der Waals surface area contributed by atoms with E-state index in [0.717, 1.165) is 28.4 Å². The van der Waals surface area contributed by atoms with Crippen LogP contribution in [0.25, 0.3) is 10.9 Å². The highest BCUT2D eigenvalue weighted by molar-refractivity contribution is 7.90. The van der Waals surface area contributed by atoms with Gasteiger partial charge < -0.3 is 9.53 Å². The van der Waals surface area contributed by atoms with E-state index in [0.29, 0.717) is 24.2 Å². The van der Waals surface area contributed by atoms with E-state index in [1.54, 1.807) is 36.4 Å². The Hall–Kier alpha value is -3.91. The maximum Gasteiger partial charge on any atom is 0.410 e. The molecule has 0 saturated carbocycles. The number of amides is 1. The number of hydrogen-bond acceptors (Lipinski definition) is 5. The first-order chi connectivity index (χ1) is 17.4. The number of aryl methyl sites for hydroxylation is 1. The number of nitrogens with zero attached hydrogens (tertiary/aromatic N) is 2. The number of aldehydes is 1. The van der Waals surface area contributed by atoms with Crippen molar-refractivity contribution in [2.75, 3.05) is 6.54 Å². The Kier molecular flexibility index (Phi) is 6.36. The number of carbonyl (C=O) groups excluding carboxylic acids is 2. The standard InChI is InChI=1S/C28H26N2O5S/c1-20-11-13-22(14-12-20)36(33,34)30-25-10-6-5-9-23(25)24-15-17-29(26(16-18-31)27(24)30)28(32)35-19-21-7-3-2-4-8-21/h2-14,18,26H,15-17,19H2,1H3. The summed E-state index contributed by atoms with van der Waals surface area (Å²) in [6.07, 6.45) is 0.536. The Morgan fingerprint density at radius 1 is 1.00 bits per heavy atom. The number of para-hydroxylation sites is 1. The van der Waals surface area contributed by atoms with Gasteiger partial charge in [-0.15, -0.1) is 0 Å². The summed E-state index contributed by atoms with van der Waals surface area (Å²) in [6.45, 7) is 2.29. The molecule has 4 aromatic rings. The fraction of sp³-hybridized carbons (Fsp3) is 0.214. The largest absolute Gasteiger partial charge is 0.445 e. The normalized spacial score (nSPS) is 15.5. The molecular weight excluding hydrogens is 476 g/mol. The van der Waals surface area contributed by atoms with Crippen LogP contribution < -0.4 is 0 Å². The highest BCUT2D eigenvalue weighted by Crippen LogP contribution is 2.40. The first-order valence-electron chi connectivity index (χ1n) is 11.8. The van der Waals surface area contributed by atoms with Gasteiger partial charge in [-0.05, 0) is 42.7 Å². The van der Waals surface area contributed by atoms with Gasteiger partial charge in [0.1, 0.15) is 12.9 Å². The van der Waals surface area contributed by atoms with Crippen LogP contribution in [0.2, 0.25) is 0 Å². The molecule has 1 aliphatic rings. The predicted octanol–water partition coefficient (Wildman–Crippen LogP) is 5.01. The van der Waals surface area contributed by atoms with Gasteiger partial charge in [0, 0.05) is 18.4 Å². The Morgan fingerprint density at radius 3 is 2.42 bits per heavy atom. The van der Waals surface area contributed by atoms with E-state index in [2.05, 4.69) is 0 Å². The molecule has 7 nitrogen and oxygen atoms in total. The second-order valence-electron chi connectivity index (χ2n) is 8.87. The zero-order chi connectivity index (χ0) is 25.3. The van der Waals surface area contributed by atoms with Crippen molar-refractivity contribution in [2.24, 2.45) is 0 Å². The van der Waals surface area contributed by atoms with E-state index >= 15 is 0 Å². The summed E-state index contributed by atoms with van der Waals surface area (Å²) in [5.41, 5.74) is 3.58. The van der Waals surface area contributed by atoms with Crippen LogP contribution in [-0.2, 0) is 32.6 Å². The van der Waals surface area contributed by atoms with Crippen LogP contribution in [0, 0.1) is 6.92 Å². The van der Waals surface area contributed by atoms with E-state index in [-0.39, 0.29) is 17.9 Å². The zero-order valence-corrected chi connectivity index (χ0v) is 20.6. The fourth-order valence-corrected chi connectivity index (χ4v) is 6.46. The molecule has 8 heteroatoms. The van der Waals surface area contributed by atoms with Gasteiger partial charge in [-0.2, -0.15) is 0 Å². The lowest BCUT2D eigenvalue weighted by molar-refractivity contribution is -0.109. The molecule has 0 radical (unpaired) electrons. The topological polar surface area (TPSA) is 85.7 Å². The molecule has 36 heavy (non-hydrogen) atoms. The van der Waals surface area contributed by atoms with Gasteiger partial charge in [-0.3, -0.25) is 4.90 Å². The van der Waals surface area contributed by atoms with Gasteiger partial charge in [0.25, 0.3) is 10.0 Å². The lowest BCUT2D eigenvalue weighted by Crippen LogP contribution is -2.41. The zero-order valence-electron chi connectivity index (χ0n) is 19.8.